The number of ether oxygens (including phenoxy) is 1. The summed E-state index contributed by atoms with van der Waals surface area (Å²) in [6, 6.07) is 16.8. The van der Waals surface area contributed by atoms with Crippen LogP contribution in [0.5, 0.6) is 0 Å². The minimum atomic E-state index is -1.49. The Morgan fingerprint density at radius 1 is 1.00 bits per heavy atom. The predicted octanol–water partition coefficient (Wildman–Crippen LogP) is 0.164. The summed E-state index contributed by atoms with van der Waals surface area (Å²) in [7, 11) is -1.49. The van der Waals surface area contributed by atoms with E-state index in [9.17, 15) is 0 Å². The van der Waals surface area contributed by atoms with Crippen LogP contribution in [0.4, 0.5) is 0 Å². The topological polar surface area (TPSA) is 18.5 Å². The van der Waals surface area contributed by atoms with Crippen molar-refractivity contribution >= 4 is 13.9 Å². The van der Waals surface area contributed by atoms with Crippen LogP contribution in [0.25, 0.3) is 16.7 Å². The first-order valence-electron chi connectivity index (χ1n) is 9.76. The van der Waals surface area contributed by atoms with Gasteiger partial charge in [-0.2, -0.15) is 0 Å². The maximum Gasteiger partial charge on any atom is 3.00 e. The molecule has 2 aromatic rings. The van der Waals surface area contributed by atoms with Gasteiger partial charge in [0.1, 0.15) is 6.61 Å². The second-order valence-electron chi connectivity index (χ2n) is 8.27. The van der Waals surface area contributed by atoms with Crippen molar-refractivity contribution in [2.75, 3.05) is 13.2 Å². The standard InChI is InChI=1S/C24H27O2Si.2ClH.Zr/c1-17-19-8-5-6-9-21(19)22-13-12-18(16-23(17)22)20-10-7-11-24(20)25-14-15-26-27(2,3)4;;;/h5-9,11-13,17H,10,14-15H2,1-4H3;2*1H;/q-1;;;+3/p-2. The van der Waals surface area contributed by atoms with E-state index in [-0.39, 0.29) is 51.0 Å². The third kappa shape index (κ3) is 5.78. The van der Waals surface area contributed by atoms with Gasteiger partial charge in [-0.3, -0.25) is 0 Å². The summed E-state index contributed by atoms with van der Waals surface area (Å²) in [5, 5.41) is 0. The monoisotopic (exact) mass is 535 g/mol. The van der Waals surface area contributed by atoms with Crippen LogP contribution in [0.1, 0.15) is 36.0 Å². The molecule has 0 bridgehead atoms. The van der Waals surface area contributed by atoms with Gasteiger partial charge in [0.05, 0.1) is 12.4 Å². The Morgan fingerprint density at radius 3 is 2.47 bits per heavy atom. The van der Waals surface area contributed by atoms with Crippen LogP contribution >= 0.6 is 0 Å². The SMILES string of the molecule is CC1c2[c-]c(C3=C(OCCO[Si](C)(C)C)C=CC3)ccc2-c2ccccc21.[Cl-].[Cl-].[Zr+3]. The van der Waals surface area contributed by atoms with Gasteiger partial charge in [0, 0.05) is 0 Å². The summed E-state index contributed by atoms with van der Waals surface area (Å²) in [6.07, 6.45) is 5.16. The smallest absolute Gasteiger partial charge is 1.00 e. The second-order valence-corrected chi connectivity index (χ2v) is 12.8. The molecule has 2 aromatic carbocycles. The molecule has 0 heterocycles. The molecule has 0 spiro atoms. The molecular formula is C24H27Cl2O2SiZr. The predicted molar refractivity (Wildman–Crippen MR) is 114 cm³/mol. The van der Waals surface area contributed by atoms with Crippen molar-refractivity contribution in [3.8, 4) is 11.1 Å². The third-order valence-electron chi connectivity index (χ3n) is 5.22. The number of hydrogen-bond acceptors (Lipinski definition) is 2. The Hall–Kier alpha value is -0.640. The molecule has 1 atom stereocenters. The average molecular weight is 538 g/mol. The van der Waals surface area contributed by atoms with E-state index in [0.717, 1.165) is 17.7 Å². The summed E-state index contributed by atoms with van der Waals surface area (Å²) < 4.78 is 11.9. The van der Waals surface area contributed by atoms with Crippen LogP contribution < -0.4 is 24.8 Å². The van der Waals surface area contributed by atoms with Crippen LogP contribution in [-0.4, -0.2) is 21.5 Å². The summed E-state index contributed by atoms with van der Waals surface area (Å²) in [5.41, 5.74) is 7.75. The van der Waals surface area contributed by atoms with Gasteiger partial charge in [-0.1, -0.05) is 54.0 Å². The van der Waals surface area contributed by atoms with E-state index >= 15 is 0 Å². The van der Waals surface area contributed by atoms with Crippen LogP contribution in [0.3, 0.4) is 0 Å². The largest absolute Gasteiger partial charge is 3.00 e. The zero-order chi connectivity index (χ0) is 19.0. The van der Waals surface area contributed by atoms with E-state index in [1.165, 1.54) is 27.8 Å². The normalized spacial score (nSPS) is 16.2. The number of halogens is 2. The Bertz CT molecular complexity index is 935. The van der Waals surface area contributed by atoms with Gasteiger partial charge >= 0.3 is 26.2 Å². The van der Waals surface area contributed by atoms with Gasteiger partial charge in [0.15, 0.2) is 8.32 Å². The third-order valence-corrected chi connectivity index (χ3v) is 6.29. The summed E-state index contributed by atoms with van der Waals surface area (Å²) in [4.78, 5) is 0. The van der Waals surface area contributed by atoms with Crippen molar-refractivity contribution < 1.29 is 60.2 Å². The zero-order valence-corrected chi connectivity index (χ0v) is 22.9. The van der Waals surface area contributed by atoms with Crippen molar-refractivity contribution in [1.82, 2.24) is 0 Å². The minimum absolute atomic E-state index is 0. The van der Waals surface area contributed by atoms with E-state index in [4.69, 9.17) is 9.16 Å². The van der Waals surface area contributed by atoms with Gasteiger partial charge < -0.3 is 34.0 Å². The van der Waals surface area contributed by atoms with Crippen LogP contribution in [-0.2, 0) is 35.4 Å². The van der Waals surface area contributed by atoms with Gasteiger partial charge in [-0.25, -0.2) is 0 Å². The Balaban J connectivity index is 0.00000150. The molecule has 0 fully saturated rings. The van der Waals surface area contributed by atoms with Crippen molar-refractivity contribution in [2.45, 2.75) is 38.9 Å². The van der Waals surface area contributed by atoms with Gasteiger partial charge in [0.25, 0.3) is 0 Å². The molecule has 0 aliphatic heterocycles. The van der Waals surface area contributed by atoms with Crippen molar-refractivity contribution in [3.05, 3.63) is 77.1 Å². The molecule has 0 saturated heterocycles. The molecule has 0 N–H and O–H groups in total. The average Bonchev–Trinajstić information content (AvgIpc) is 3.22. The van der Waals surface area contributed by atoms with Crippen molar-refractivity contribution in [3.63, 3.8) is 0 Å². The van der Waals surface area contributed by atoms with Crippen molar-refractivity contribution in [1.29, 1.82) is 0 Å². The molecule has 157 valence electrons. The molecule has 0 aromatic heterocycles. The molecule has 0 saturated carbocycles. The molecule has 2 nitrogen and oxygen atoms in total. The summed E-state index contributed by atoms with van der Waals surface area (Å²) in [5.74, 6) is 1.36. The molecule has 0 amide bonds. The van der Waals surface area contributed by atoms with E-state index in [0.29, 0.717) is 19.1 Å². The molecule has 2 aliphatic rings. The Morgan fingerprint density at radius 2 is 1.73 bits per heavy atom. The van der Waals surface area contributed by atoms with Crippen LogP contribution in [0.2, 0.25) is 19.6 Å². The van der Waals surface area contributed by atoms with Crippen LogP contribution in [0, 0.1) is 6.07 Å². The fraction of sp³-hybridized carbons (Fsp3) is 0.333. The maximum absolute atomic E-state index is 6.04. The molecule has 2 aliphatic carbocycles. The number of rotatable bonds is 6. The fourth-order valence-corrected chi connectivity index (χ4v) is 4.60. The van der Waals surface area contributed by atoms with Crippen LogP contribution in [0.15, 0.2) is 54.3 Å². The number of benzene rings is 2. The fourth-order valence-electron chi connectivity index (χ4n) is 3.90. The zero-order valence-electron chi connectivity index (χ0n) is 17.9. The molecule has 6 heteroatoms. The van der Waals surface area contributed by atoms with E-state index < -0.39 is 8.32 Å². The van der Waals surface area contributed by atoms with Crippen molar-refractivity contribution in [2.24, 2.45) is 0 Å². The second kappa shape index (κ2) is 11.3. The number of hydrogen-bond donors (Lipinski definition) is 0. The summed E-state index contributed by atoms with van der Waals surface area (Å²) in [6.45, 7) is 10.1. The molecule has 1 radical (unpaired) electrons. The van der Waals surface area contributed by atoms with Gasteiger partial charge in [-0.05, 0) is 43.6 Å². The Kier molecular flexibility index (Phi) is 10.3. The maximum atomic E-state index is 6.04. The first-order valence-corrected chi connectivity index (χ1v) is 13.2. The Labute approximate surface area is 213 Å². The van der Waals surface area contributed by atoms with E-state index in [1.807, 2.05) is 0 Å². The summed E-state index contributed by atoms with van der Waals surface area (Å²) >= 11 is 0. The van der Waals surface area contributed by atoms with E-state index in [1.54, 1.807) is 0 Å². The quantitative estimate of drug-likeness (QED) is 0.297. The molecule has 1 unspecified atom stereocenters. The minimum Gasteiger partial charge on any atom is -1.00 e. The first-order chi connectivity index (χ1) is 12.9. The molecule has 4 rings (SSSR count). The number of fused-ring (bicyclic) bond motifs is 3. The molecule has 30 heavy (non-hydrogen) atoms. The van der Waals surface area contributed by atoms with Gasteiger partial charge in [0.2, 0.25) is 0 Å². The van der Waals surface area contributed by atoms with Gasteiger partial charge in [-0.15, -0.1) is 29.3 Å². The first kappa shape index (κ1) is 27.4. The molecular weight excluding hydrogens is 510 g/mol. The van der Waals surface area contributed by atoms with E-state index in [2.05, 4.69) is 81.2 Å². The number of allylic oxidation sites excluding steroid dienone is 3.